The first-order valence-electron chi connectivity index (χ1n) is 5.67. The average molecular weight is 380 g/mol. The summed E-state index contributed by atoms with van der Waals surface area (Å²) in [6.45, 7) is 0. The largest absolute Gasteiger partial charge is 0.478 e. The Bertz CT molecular complexity index is 688. The Kier molecular flexibility index (Phi) is 4.87. The summed E-state index contributed by atoms with van der Waals surface area (Å²) >= 11 is 24.3. The van der Waals surface area contributed by atoms with Gasteiger partial charge in [0.1, 0.15) is 0 Å². The fourth-order valence-electron chi connectivity index (χ4n) is 1.87. The van der Waals surface area contributed by atoms with Crippen molar-refractivity contribution in [3.05, 3.63) is 55.5 Å². The molecule has 2 aromatic carbocycles. The monoisotopic (exact) mass is 378 g/mol. The molecule has 0 atom stereocenters. The Balaban J connectivity index is 2.72. The van der Waals surface area contributed by atoms with Crippen LogP contribution in [0.25, 0.3) is 11.1 Å². The molecule has 0 saturated carbocycles. The number of benzene rings is 2. The molecule has 2 rings (SSSR count). The minimum Gasteiger partial charge on any atom is -0.478 e. The van der Waals surface area contributed by atoms with Gasteiger partial charge < -0.3 is 10.2 Å². The van der Waals surface area contributed by atoms with E-state index in [0.717, 1.165) is 0 Å². The van der Waals surface area contributed by atoms with Crippen LogP contribution in [0.5, 0.6) is 0 Å². The van der Waals surface area contributed by atoms with Crippen LogP contribution in [0.2, 0.25) is 20.1 Å². The highest BCUT2D eigenvalue weighted by Crippen LogP contribution is 2.43. The van der Waals surface area contributed by atoms with E-state index >= 15 is 0 Å². The van der Waals surface area contributed by atoms with Gasteiger partial charge in [-0.05, 0) is 24.3 Å². The van der Waals surface area contributed by atoms with Crippen LogP contribution in [-0.2, 0) is 0 Å². The molecule has 0 aromatic heterocycles. The van der Waals surface area contributed by atoms with Gasteiger partial charge in [0.2, 0.25) is 0 Å². The van der Waals surface area contributed by atoms with Crippen LogP contribution in [0.15, 0.2) is 24.3 Å². The maximum absolute atomic E-state index is 11.0. The molecular formula is C14H6Cl4O4. The van der Waals surface area contributed by atoms with Crippen molar-refractivity contribution in [2.75, 3.05) is 0 Å². The standard InChI is InChI=1S/C14H6Cl4O4/c15-7-1-5(13(19)20)2-8(16)11(7)12-9(17)3-6(14(21)22)4-10(12)18/h1-4H,(H,19,20)(H,21,22). The molecule has 0 fully saturated rings. The highest BCUT2D eigenvalue weighted by atomic mass is 35.5. The fourth-order valence-corrected chi connectivity index (χ4v) is 3.22. The minimum atomic E-state index is -1.19. The normalized spacial score (nSPS) is 10.5. The van der Waals surface area contributed by atoms with Gasteiger partial charge in [0.25, 0.3) is 0 Å². The molecule has 22 heavy (non-hydrogen) atoms. The van der Waals surface area contributed by atoms with Crippen molar-refractivity contribution in [1.29, 1.82) is 0 Å². The van der Waals surface area contributed by atoms with E-state index < -0.39 is 11.9 Å². The first kappa shape index (κ1) is 16.9. The predicted molar refractivity (Wildman–Crippen MR) is 85.8 cm³/mol. The van der Waals surface area contributed by atoms with Crippen LogP contribution in [0.4, 0.5) is 0 Å². The third-order valence-corrected chi connectivity index (χ3v) is 4.02. The number of carboxylic acids is 2. The molecular weight excluding hydrogens is 374 g/mol. The number of halogens is 4. The lowest BCUT2D eigenvalue weighted by atomic mass is 10.0. The van der Waals surface area contributed by atoms with Crippen molar-refractivity contribution >= 4 is 58.3 Å². The van der Waals surface area contributed by atoms with Gasteiger partial charge in [0, 0.05) is 11.1 Å². The molecule has 0 aliphatic heterocycles. The number of hydrogen-bond donors (Lipinski definition) is 2. The maximum Gasteiger partial charge on any atom is 0.335 e. The SMILES string of the molecule is O=C(O)c1cc(Cl)c(-c2c(Cl)cc(C(=O)O)cc2Cl)c(Cl)c1. The molecule has 0 spiro atoms. The number of rotatable bonds is 3. The molecule has 4 nitrogen and oxygen atoms in total. The van der Waals surface area contributed by atoms with Crippen molar-refractivity contribution in [1.82, 2.24) is 0 Å². The lowest BCUT2D eigenvalue weighted by molar-refractivity contribution is 0.0686. The Labute approximate surface area is 144 Å². The number of hydrogen-bond acceptors (Lipinski definition) is 2. The number of aromatic carboxylic acids is 2. The van der Waals surface area contributed by atoms with Gasteiger partial charge in [0.05, 0.1) is 31.2 Å². The summed E-state index contributed by atoms with van der Waals surface area (Å²) in [6.07, 6.45) is 0. The van der Waals surface area contributed by atoms with Crippen LogP contribution >= 0.6 is 46.4 Å². The van der Waals surface area contributed by atoms with Crippen molar-refractivity contribution in [2.24, 2.45) is 0 Å². The summed E-state index contributed by atoms with van der Waals surface area (Å²) in [5.41, 5.74) is 0.293. The van der Waals surface area contributed by atoms with Gasteiger partial charge in [-0.1, -0.05) is 46.4 Å². The first-order valence-corrected chi connectivity index (χ1v) is 7.18. The molecule has 0 saturated heterocycles. The predicted octanol–water partition coefficient (Wildman–Crippen LogP) is 5.36. The topological polar surface area (TPSA) is 74.6 Å². The van der Waals surface area contributed by atoms with Crippen molar-refractivity contribution in [3.63, 3.8) is 0 Å². The van der Waals surface area contributed by atoms with E-state index in [9.17, 15) is 9.59 Å². The molecule has 0 unspecified atom stereocenters. The smallest absolute Gasteiger partial charge is 0.335 e. The maximum atomic E-state index is 11.0. The molecule has 114 valence electrons. The molecule has 0 bridgehead atoms. The van der Waals surface area contributed by atoms with Crippen LogP contribution in [-0.4, -0.2) is 22.2 Å². The van der Waals surface area contributed by atoms with Crippen LogP contribution in [0, 0.1) is 0 Å². The third-order valence-electron chi connectivity index (χ3n) is 2.83. The Morgan fingerprint density at radius 3 is 1.05 bits per heavy atom. The summed E-state index contributed by atoms with van der Waals surface area (Å²) in [7, 11) is 0. The highest BCUT2D eigenvalue weighted by molar-refractivity contribution is 6.44. The highest BCUT2D eigenvalue weighted by Gasteiger charge is 2.20. The lowest BCUT2D eigenvalue weighted by Crippen LogP contribution is -1.99. The summed E-state index contributed by atoms with van der Waals surface area (Å²) < 4.78 is 0. The van der Waals surface area contributed by atoms with Crippen molar-refractivity contribution in [2.45, 2.75) is 0 Å². The molecule has 0 amide bonds. The zero-order chi connectivity index (χ0) is 16.6. The van der Waals surface area contributed by atoms with Gasteiger partial charge in [-0.15, -0.1) is 0 Å². The average Bonchev–Trinajstić information content (AvgIpc) is 2.40. The first-order chi connectivity index (χ1) is 10.2. The van der Waals surface area contributed by atoms with E-state index in [1.165, 1.54) is 24.3 Å². The summed E-state index contributed by atoms with van der Waals surface area (Å²) in [4.78, 5) is 21.9. The molecule has 2 aromatic rings. The third kappa shape index (κ3) is 3.15. The summed E-state index contributed by atoms with van der Waals surface area (Å²) in [5.74, 6) is -2.37. The second kappa shape index (κ2) is 6.34. The van der Waals surface area contributed by atoms with Gasteiger partial charge >= 0.3 is 11.9 Å². The molecule has 0 heterocycles. The Morgan fingerprint density at radius 1 is 0.636 bits per heavy atom. The van der Waals surface area contributed by atoms with Crippen LogP contribution < -0.4 is 0 Å². The van der Waals surface area contributed by atoms with E-state index in [-0.39, 0.29) is 42.3 Å². The second-order valence-corrected chi connectivity index (χ2v) is 5.87. The zero-order valence-corrected chi connectivity index (χ0v) is 13.6. The number of carboxylic acid groups (broad SMARTS) is 2. The molecule has 2 N–H and O–H groups in total. The van der Waals surface area contributed by atoms with E-state index in [4.69, 9.17) is 56.6 Å². The summed E-state index contributed by atoms with van der Waals surface area (Å²) in [5, 5.41) is 18.1. The summed E-state index contributed by atoms with van der Waals surface area (Å²) in [6, 6.07) is 4.84. The zero-order valence-electron chi connectivity index (χ0n) is 10.5. The lowest BCUT2D eigenvalue weighted by Gasteiger charge is -2.13. The quantitative estimate of drug-likeness (QED) is 0.752. The molecule has 0 aliphatic carbocycles. The van der Waals surface area contributed by atoms with Crippen molar-refractivity contribution in [3.8, 4) is 11.1 Å². The van der Waals surface area contributed by atoms with Crippen LogP contribution in [0.1, 0.15) is 20.7 Å². The van der Waals surface area contributed by atoms with Gasteiger partial charge in [-0.3, -0.25) is 0 Å². The van der Waals surface area contributed by atoms with Gasteiger partial charge in [-0.25, -0.2) is 9.59 Å². The molecule has 0 radical (unpaired) electrons. The fraction of sp³-hybridized carbons (Fsp3) is 0. The molecule has 0 aliphatic rings. The minimum absolute atomic E-state index is 0.0387. The van der Waals surface area contributed by atoms with E-state index in [0.29, 0.717) is 0 Å². The molecule has 8 heteroatoms. The Hall–Kier alpha value is -1.46. The van der Waals surface area contributed by atoms with Crippen molar-refractivity contribution < 1.29 is 19.8 Å². The Morgan fingerprint density at radius 2 is 0.864 bits per heavy atom. The van der Waals surface area contributed by atoms with E-state index in [1.807, 2.05) is 0 Å². The van der Waals surface area contributed by atoms with Gasteiger partial charge in [-0.2, -0.15) is 0 Å². The second-order valence-electron chi connectivity index (χ2n) is 4.24. The van der Waals surface area contributed by atoms with E-state index in [2.05, 4.69) is 0 Å². The van der Waals surface area contributed by atoms with E-state index in [1.54, 1.807) is 0 Å². The number of carbonyl (C=O) groups is 2. The van der Waals surface area contributed by atoms with Gasteiger partial charge in [0.15, 0.2) is 0 Å². The van der Waals surface area contributed by atoms with Crippen LogP contribution in [0.3, 0.4) is 0 Å².